The molecule has 2 aromatic carbocycles. The van der Waals surface area contributed by atoms with Crippen molar-refractivity contribution in [3.8, 4) is 5.75 Å². The second kappa shape index (κ2) is 7.51. The van der Waals surface area contributed by atoms with E-state index in [4.69, 9.17) is 4.74 Å². The van der Waals surface area contributed by atoms with Crippen molar-refractivity contribution < 1.29 is 4.74 Å². The second-order valence-corrected chi connectivity index (χ2v) is 6.29. The van der Waals surface area contributed by atoms with Crippen LogP contribution in [0.5, 0.6) is 5.75 Å². The summed E-state index contributed by atoms with van der Waals surface area (Å²) < 4.78 is 6.52. The molecule has 1 N–H and O–H groups in total. The minimum Gasteiger partial charge on any atom is -0.495 e. The first-order chi connectivity index (χ1) is 10.1. The first kappa shape index (κ1) is 15.9. The number of benzene rings is 2. The van der Waals surface area contributed by atoms with Gasteiger partial charge in [0.05, 0.1) is 12.8 Å². The van der Waals surface area contributed by atoms with Crippen molar-refractivity contribution >= 4 is 21.6 Å². The smallest absolute Gasteiger partial charge is 0.143 e. The number of aryl methyl sites for hydroxylation is 2. The number of methoxy groups -OCH3 is 1. The van der Waals surface area contributed by atoms with Crippen molar-refractivity contribution in [3.05, 3.63) is 58.1 Å². The number of anilines is 1. The third kappa shape index (κ3) is 4.50. The van der Waals surface area contributed by atoms with E-state index in [1.807, 2.05) is 6.07 Å². The van der Waals surface area contributed by atoms with Gasteiger partial charge in [-0.05, 0) is 49.9 Å². The van der Waals surface area contributed by atoms with E-state index in [2.05, 4.69) is 71.5 Å². The van der Waals surface area contributed by atoms with Crippen molar-refractivity contribution in [3.63, 3.8) is 0 Å². The van der Waals surface area contributed by atoms with Gasteiger partial charge in [-0.25, -0.2) is 0 Å². The predicted molar refractivity (Wildman–Crippen MR) is 93.3 cm³/mol. The number of rotatable bonds is 6. The molecule has 2 nitrogen and oxygen atoms in total. The fourth-order valence-corrected chi connectivity index (χ4v) is 2.96. The monoisotopic (exact) mass is 347 g/mol. The zero-order chi connectivity index (χ0) is 15.2. The minimum atomic E-state index is 0.388. The Kier molecular flexibility index (Phi) is 5.68. The van der Waals surface area contributed by atoms with Crippen LogP contribution in [0.15, 0.2) is 46.9 Å². The SMILES string of the molecule is COc1cc(Br)cc(C)c1NC(C)CCc1ccccc1. The fraction of sp³-hybridized carbons (Fsp3) is 0.333. The molecule has 3 heteroatoms. The van der Waals surface area contributed by atoms with Gasteiger partial charge in [0, 0.05) is 10.5 Å². The van der Waals surface area contributed by atoms with E-state index in [0.29, 0.717) is 6.04 Å². The van der Waals surface area contributed by atoms with Gasteiger partial charge in [-0.3, -0.25) is 0 Å². The van der Waals surface area contributed by atoms with Crippen LogP contribution in [0.25, 0.3) is 0 Å². The molecule has 0 aliphatic heterocycles. The lowest BCUT2D eigenvalue weighted by Gasteiger charge is -2.20. The normalized spacial score (nSPS) is 12.0. The number of nitrogens with one attached hydrogen (secondary N) is 1. The lowest BCUT2D eigenvalue weighted by Crippen LogP contribution is -2.17. The molecule has 112 valence electrons. The molecule has 0 aliphatic carbocycles. The largest absolute Gasteiger partial charge is 0.495 e. The van der Waals surface area contributed by atoms with Gasteiger partial charge in [-0.1, -0.05) is 46.3 Å². The molecule has 1 unspecified atom stereocenters. The van der Waals surface area contributed by atoms with Gasteiger partial charge in [0.1, 0.15) is 5.75 Å². The van der Waals surface area contributed by atoms with Crippen LogP contribution in [0, 0.1) is 6.92 Å². The Bertz CT molecular complexity index is 583. The van der Waals surface area contributed by atoms with Gasteiger partial charge < -0.3 is 10.1 Å². The Labute approximate surface area is 135 Å². The Morgan fingerprint density at radius 2 is 1.90 bits per heavy atom. The van der Waals surface area contributed by atoms with Gasteiger partial charge in [0.25, 0.3) is 0 Å². The third-order valence-electron chi connectivity index (χ3n) is 3.58. The highest BCUT2D eigenvalue weighted by molar-refractivity contribution is 9.10. The van der Waals surface area contributed by atoms with E-state index in [0.717, 1.165) is 28.8 Å². The van der Waals surface area contributed by atoms with Crippen LogP contribution >= 0.6 is 15.9 Å². The van der Waals surface area contributed by atoms with Crippen molar-refractivity contribution in [2.24, 2.45) is 0 Å². The van der Waals surface area contributed by atoms with Crippen LogP contribution < -0.4 is 10.1 Å². The molecule has 0 heterocycles. The maximum absolute atomic E-state index is 5.48. The maximum Gasteiger partial charge on any atom is 0.143 e. The Hall–Kier alpha value is -1.48. The van der Waals surface area contributed by atoms with Gasteiger partial charge in [-0.15, -0.1) is 0 Å². The van der Waals surface area contributed by atoms with Gasteiger partial charge >= 0.3 is 0 Å². The Morgan fingerprint density at radius 3 is 2.57 bits per heavy atom. The fourth-order valence-electron chi connectivity index (χ4n) is 2.40. The number of ether oxygens (including phenoxy) is 1. The summed E-state index contributed by atoms with van der Waals surface area (Å²) in [4.78, 5) is 0. The number of hydrogen-bond acceptors (Lipinski definition) is 2. The minimum absolute atomic E-state index is 0.388. The molecule has 0 amide bonds. The highest BCUT2D eigenvalue weighted by Gasteiger charge is 2.11. The molecule has 0 bridgehead atoms. The quantitative estimate of drug-likeness (QED) is 0.775. The average molecular weight is 348 g/mol. The van der Waals surface area contributed by atoms with E-state index < -0.39 is 0 Å². The van der Waals surface area contributed by atoms with E-state index in [1.165, 1.54) is 11.1 Å². The van der Waals surface area contributed by atoms with Gasteiger partial charge in [0.15, 0.2) is 0 Å². The molecule has 0 radical (unpaired) electrons. The van der Waals surface area contributed by atoms with Crippen molar-refractivity contribution in [2.75, 3.05) is 12.4 Å². The first-order valence-electron chi connectivity index (χ1n) is 7.24. The maximum atomic E-state index is 5.48. The number of halogens is 1. The summed E-state index contributed by atoms with van der Waals surface area (Å²) in [6, 6.07) is 15.1. The molecule has 0 spiro atoms. The van der Waals surface area contributed by atoms with Crippen molar-refractivity contribution in [2.45, 2.75) is 32.7 Å². The van der Waals surface area contributed by atoms with Crippen LogP contribution in [0.2, 0.25) is 0 Å². The van der Waals surface area contributed by atoms with E-state index in [-0.39, 0.29) is 0 Å². The second-order valence-electron chi connectivity index (χ2n) is 5.37. The molecule has 0 fully saturated rings. The van der Waals surface area contributed by atoms with Gasteiger partial charge in [0.2, 0.25) is 0 Å². The van der Waals surface area contributed by atoms with E-state index in [9.17, 15) is 0 Å². The Morgan fingerprint density at radius 1 is 1.19 bits per heavy atom. The van der Waals surface area contributed by atoms with Gasteiger partial charge in [-0.2, -0.15) is 0 Å². The molecule has 0 aromatic heterocycles. The van der Waals surface area contributed by atoms with E-state index in [1.54, 1.807) is 7.11 Å². The van der Waals surface area contributed by atoms with Crippen LogP contribution in [0.1, 0.15) is 24.5 Å². The molecule has 0 saturated heterocycles. The molecular formula is C18H22BrNO. The highest BCUT2D eigenvalue weighted by Crippen LogP contribution is 2.32. The molecule has 2 rings (SSSR count). The van der Waals surface area contributed by atoms with Crippen LogP contribution in [-0.4, -0.2) is 13.2 Å². The average Bonchev–Trinajstić information content (AvgIpc) is 2.48. The Balaban J connectivity index is 2.01. The summed E-state index contributed by atoms with van der Waals surface area (Å²) in [5, 5.41) is 3.58. The molecule has 1 atom stereocenters. The molecule has 0 aliphatic rings. The van der Waals surface area contributed by atoms with Crippen LogP contribution in [0.3, 0.4) is 0 Å². The highest BCUT2D eigenvalue weighted by atomic mass is 79.9. The summed E-state index contributed by atoms with van der Waals surface area (Å²) in [6.07, 6.45) is 2.16. The number of hydrogen-bond donors (Lipinski definition) is 1. The van der Waals surface area contributed by atoms with E-state index >= 15 is 0 Å². The molecular weight excluding hydrogens is 326 g/mol. The summed E-state index contributed by atoms with van der Waals surface area (Å²) in [6.45, 7) is 4.31. The third-order valence-corrected chi connectivity index (χ3v) is 4.04. The van der Waals surface area contributed by atoms with Crippen LogP contribution in [0.4, 0.5) is 5.69 Å². The van der Waals surface area contributed by atoms with Crippen molar-refractivity contribution in [1.82, 2.24) is 0 Å². The summed E-state index contributed by atoms with van der Waals surface area (Å²) >= 11 is 3.51. The summed E-state index contributed by atoms with van der Waals surface area (Å²) in [7, 11) is 1.71. The van der Waals surface area contributed by atoms with Crippen molar-refractivity contribution in [1.29, 1.82) is 0 Å². The molecule has 0 saturated carbocycles. The lowest BCUT2D eigenvalue weighted by atomic mass is 10.1. The predicted octanol–water partition coefficient (Wildman–Crippen LogP) is 5.20. The zero-order valence-corrected chi connectivity index (χ0v) is 14.4. The molecule has 21 heavy (non-hydrogen) atoms. The summed E-state index contributed by atoms with van der Waals surface area (Å²) in [5.74, 6) is 0.883. The topological polar surface area (TPSA) is 21.3 Å². The van der Waals surface area contributed by atoms with Crippen LogP contribution in [-0.2, 0) is 6.42 Å². The summed E-state index contributed by atoms with van der Waals surface area (Å²) in [5.41, 5.74) is 3.65. The lowest BCUT2D eigenvalue weighted by molar-refractivity contribution is 0.415. The molecule has 2 aromatic rings. The standard InChI is InChI=1S/C18H22BrNO/c1-13-11-16(19)12-17(21-3)18(13)20-14(2)9-10-15-7-5-4-6-8-15/h4-8,11-12,14,20H,9-10H2,1-3H3. The first-order valence-corrected chi connectivity index (χ1v) is 8.04. The zero-order valence-electron chi connectivity index (χ0n) is 12.8.